The second-order valence-corrected chi connectivity index (χ2v) is 10.3. The Hall–Kier alpha value is -3.03. The molecule has 0 saturated carbocycles. The van der Waals surface area contributed by atoms with Crippen molar-refractivity contribution in [2.75, 3.05) is 31.5 Å². The van der Waals surface area contributed by atoms with Gasteiger partial charge in [0.15, 0.2) is 0 Å². The van der Waals surface area contributed by atoms with Crippen molar-refractivity contribution in [1.82, 2.24) is 20.2 Å². The summed E-state index contributed by atoms with van der Waals surface area (Å²) in [6.45, 7) is 9.79. The number of carbonyl (C=O) groups excluding carboxylic acids is 1. The van der Waals surface area contributed by atoms with Gasteiger partial charge < -0.3 is 15.5 Å². The van der Waals surface area contributed by atoms with Crippen molar-refractivity contribution in [3.63, 3.8) is 0 Å². The quantitative estimate of drug-likeness (QED) is 0.468. The summed E-state index contributed by atoms with van der Waals surface area (Å²) >= 11 is 1.54. The summed E-state index contributed by atoms with van der Waals surface area (Å²) in [4.78, 5) is 25.0. The van der Waals surface area contributed by atoms with Gasteiger partial charge in [0.2, 0.25) is 5.95 Å². The highest BCUT2D eigenvalue weighted by atomic mass is 32.1. The second-order valence-electron chi connectivity index (χ2n) is 9.22. The largest absolute Gasteiger partial charge is 0.335 e. The zero-order chi connectivity index (χ0) is 22.3. The van der Waals surface area contributed by atoms with Crippen LogP contribution in [0.15, 0.2) is 48.7 Å². The molecule has 1 amide bonds. The molecule has 2 aromatic heterocycles. The van der Waals surface area contributed by atoms with Crippen LogP contribution in [0.4, 0.5) is 11.6 Å². The summed E-state index contributed by atoms with van der Waals surface area (Å²) in [6.07, 6.45) is 1.84. The molecule has 0 bridgehead atoms. The SMILES string of the molecule is CC(C)(C)c1cccc(Nc2ncc3ccc4sc(C(=O)N5CCNCC5)cc4c3n2)c1. The lowest BCUT2D eigenvalue weighted by Gasteiger charge is -2.26. The minimum Gasteiger partial charge on any atom is -0.335 e. The highest BCUT2D eigenvalue weighted by Gasteiger charge is 2.21. The topological polar surface area (TPSA) is 70.2 Å². The monoisotopic (exact) mass is 445 g/mol. The van der Waals surface area contributed by atoms with Gasteiger partial charge in [-0.2, -0.15) is 0 Å². The zero-order valence-corrected chi connectivity index (χ0v) is 19.4. The number of rotatable bonds is 3. The van der Waals surface area contributed by atoms with E-state index in [-0.39, 0.29) is 11.3 Å². The van der Waals surface area contributed by atoms with E-state index in [9.17, 15) is 4.79 Å². The van der Waals surface area contributed by atoms with Crippen LogP contribution in [-0.4, -0.2) is 47.0 Å². The maximum atomic E-state index is 13.0. The number of benzene rings is 2. The van der Waals surface area contributed by atoms with Crippen LogP contribution in [0.2, 0.25) is 0 Å². The van der Waals surface area contributed by atoms with Crippen LogP contribution in [0.1, 0.15) is 36.0 Å². The van der Waals surface area contributed by atoms with Crippen LogP contribution >= 0.6 is 11.3 Å². The Kier molecular flexibility index (Phi) is 5.31. The molecule has 1 aliphatic rings. The van der Waals surface area contributed by atoms with Gasteiger partial charge in [-0.25, -0.2) is 9.97 Å². The molecule has 5 rings (SSSR count). The van der Waals surface area contributed by atoms with Crippen molar-refractivity contribution < 1.29 is 4.79 Å². The summed E-state index contributed by atoms with van der Waals surface area (Å²) in [6, 6.07) is 14.4. The molecule has 1 saturated heterocycles. The standard InChI is InChI=1S/C25H27N5OS/c1-25(2,3)17-5-4-6-18(13-17)28-24-27-15-16-7-8-20-19(22(16)29-24)14-21(32-20)23(31)30-11-9-26-10-12-30/h4-8,13-15,26H,9-12H2,1-3H3,(H,27,28,29). The number of hydrogen-bond donors (Lipinski definition) is 2. The molecular formula is C25H27N5OS. The summed E-state index contributed by atoms with van der Waals surface area (Å²) in [7, 11) is 0. The molecule has 4 aromatic rings. The Morgan fingerprint density at radius 2 is 1.94 bits per heavy atom. The molecule has 2 N–H and O–H groups in total. The fraction of sp³-hybridized carbons (Fsp3) is 0.320. The molecule has 0 aliphatic carbocycles. The molecule has 0 spiro atoms. The molecule has 164 valence electrons. The molecule has 1 aliphatic heterocycles. The van der Waals surface area contributed by atoms with Gasteiger partial charge >= 0.3 is 0 Å². The number of amides is 1. The van der Waals surface area contributed by atoms with Crippen LogP contribution in [0.3, 0.4) is 0 Å². The smallest absolute Gasteiger partial charge is 0.264 e. The Morgan fingerprint density at radius 3 is 2.72 bits per heavy atom. The first kappa shape index (κ1) is 20.8. The van der Waals surface area contributed by atoms with Crippen molar-refractivity contribution in [3.05, 3.63) is 59.1 Å². The van der Waals surface area contributed by atoms with E-state index in [0.29, 0.717) is 5.95 Å². The number of fused-ring (bicyclic) bond motifs is 3. The van der Waals surface area contributed by atoms with Gasteiger partial charge in [0.25, 0.3) is 5.91 Å². The van der Waals surface area contributed by atoms with Crippen molar-refractivity contribution >= 4 is 49.9 Å². The molecule has 0 unspecified atom stereocenters. The van der Waals surface area contributed by atoms with Gasteiger partial charge in [-0.15, -0.1) is 11.3 Å². The Morgan fingerprint density at radius 1 is 1.12 bits per heavy atom. The number of carbonyl (C=O) groups is 1. The molecule has 7 heteroatoms. The Bertz CT molecular complexity index is 1300. The van der Waals surface area contributed by atoms with E-state index in [1.807, 2.05) is 29.3 Å². The molecule has 0 atom stereocenters. The Labute approximate surface area is 191 Å². The number of nitrogens with one attached hydrogen (secondary N) is 2. The van der Waals surface area contributed by atoms with E-state index in [2.05, 4.69) is 60.7 Å². The van der Waals surface area contributed by atoms with Crippen molar-refractivity contribution in [2.45, 2.75) is 26.2 Å². The van der Waals surface area contributed by atoms with Crippen molar-refractivity contribution in [3.8, 4) is 0 Å². The number of hydrogen-bond acceptors (Lipinski definition) is 6. The lowest BCUT2D eigenvalue weighted by Crippen LogP contribution is -2.46. The zero-order valence-electron chi connectivity index (χ0n) is 18.6. The first-order chi connectivity index (χ1) is 15.4. The number of aromatic nitrogens is 2. The normalized spacial score (nSPS) is 14.8. The second kappa shape index (κ2) is 8.15. The molecular weight excluding hydrogens is 418 g/mol. The van der Waals surface area contributed by atoms with Gasteiger partial charge in [-0.3, -0.25) is 4.79 Å². The lowest BCUT2D eigenvalue weighted by atomic mass is 9.87. The van der Waals surface area contributed by atoms with E-state index >= 15 is 0 Å². The van der Waals surface area contributed by atoms with Crippen LogP contribution in [-0.2, 0) is 5.41 Å². The van der Waals surface area contributed by atoms with Gasteiger partial charge in [-0.1, -0.05) is 32.9 Å². The lowest BCUT2D eigenvalue weighted by molar-refractivity contribution is 0.0741. The number of anilines is 2. The van der Waals surface area contributed by atoms with Crippen LogP contribution < -0.4 is 10.6 Å². The van der Waals surface area contributed by atoms with Crippen molar-refractivity contribution in [1.29, 1.82) is 0 Å². The molecule has 2 aromatic carbocycles. The number of nitrogens with zero attached hydrogens (tertiary/aromatic N) is 3. The van der Waals surface area contributed by atoms with Gasteiger partial charge in [0, 0.05) is 53.5 Å². The first-order valence-corrected chi connectivity index (χ1v) is 11.8. The summed E-state index contributed by atoms with van der Waals surface area (Å²) in [5.41, 5.74) is 3.14. The Balaban J connectivity index is 1.49. The van der Waals surface area contributed by atoms with Crippen LogP contribution in [0.25, 0.3) is 21.0 Å². The maximum absolute atomic E-state index is 13.0. The predicted octanol–water partition coefficient (Wildman–Crippen LogP) is 4.93. The minimum absolute atomic E-state index is 0.0676. The van der Waals surface area contributed by atoms with E-state index < -0.39 is 0 Å². The molecule has 1 fully saturated rings. The molecule has 6 nitrogen and oxygen atoms in total. The van der Waals surface area contributed by atoms with E-state index in [1.165, 1.54) is 16.9 Å². The van der Waals surface area contributed by atoms with E-state index in [1.54, 1.807) is 0 Å². The highest BCUT2D eigenvalue weighted by molar-refractivity contribution is 7.21. The average Bonchev–Trinajstić information content (AvgIpc) is 3.24. The molecule has 0 radical (unpaired) electrons. The van der Waals surface area contributed by atoms with Crippen molar-refractivity contribution in [2.24, 2.45) is 0 Å². The summed E-state index contributed by atoms with van der Waals surface area (Å²) in [5.74, 6) is 0.657. The fourth-order valence-electron chi connectivity index (χ4n) is 3.99. The maximum Gasteiger partial charge on any atom is 0.264 e. The summed E-state index contributed by atoms with van der Waals surface area (Å²) < 4.78 is 1.07. The van der Waals surface area contributed by atoms with Gasteiger partial charge in [0.05, 0.1) is 10.4 Å². The third kappa shape index (κ3) is 4.06. The van der Waals surface area contributed by atoms with Gasteiger partial charge in [-0.05, 0) is 41.3 Å². The van der Waals surface area contributed by atoms with Crippen LogP contribution in [0, 0.1) is 0 Å². The molecule has 32 heavy (non-hydrogen) atoms. The number of thiophene rings is 1. The molecule has 3 heterocycles. The fourth-order valence-corrected chi connectivity index (χ4v) is 5.02. The van der Waals surface area contributed by atoms with Gasteiger partial charge in [0.1, 0.15) is 0 Å². The average molecular weight is 446 g/mol. The van der Waals surface area contributed by atoms with E-state index in [4.69, 9.17) is 4.98 Å². The van der Waals surface area contributed by atoms with Crippen LogP contribution in [0.5, 0.6) is 0 Å². The van der Waals surface area contributed by atoms with E-state index in [0.717, 1.165) is 57.7 Å². The third-order valence-corrected chi connectivity index (χ3v) is 6.94. The summed E-state index contributed by atoms with van der Waals surface area (Å²) in [5, 5.41) is 8.61. The highest BCUT2D eigenvalue weighted by Crippen LogP contribution is 2.33. The number of piperazine rings is 1. The minimum atomic E-state index is 0.0676. The third-order valence-electron chi connectivity index (χ3n) is 5.85. The first-order valence-electron chi connectivity index (χ1n) is 11.0. The predicted molar refractivity (Wildman–Crippen MR) is 132 cm³/mol.